The fraction of sp³-hybridized carbons (Fsp3) is 0.286. The van der Waals surface area contributed by atoms with Gasteiger partial charge in [0.05, 0.1) is 23.5 Å². The van der Waals surface area contributed by atoms with Crippen LogP contribution in [-0.2, 0) is 11.2 Å². The first-order valence-electron chi connectivity index (χ1n) is 9.14. The van der Waals surface area contributed by atoms with E-state index in [-0.39, 0.29) is 12.1 Å². The van der Waals surface area contributed by atoms with Gasteiger partial charge in [0, 0.05) is 35.5 Å². The number of aryl methyl sites for hydroxylation is 1. The molecule has 2 aromatic carbocycles. The van der Waals surface area contributed by atoms with E-state index in [1.807, 2.05) is 22.8 Å². The Morgan fingerprint density at radius 2 is 2.04 bits per heavy atom. The number of rotatable bonds is 8. The minimum absolute atomic E-state index is 0.0204. The smallest absolute Gasteiger partial charge is 0.307 e. The van der Waals surface area contributed by atoms with E-state index in [9.17, 15) is 20.0 Å². The number of carboxylic acid groups (broad SMARTS) is 1. The summed E-state index contributed by atoms with van der Waals surface area (Å²) in [6, 6.07) is 10.2. The Kier molecular flexibility index (Phi) is 5.63. The van der Waals surface area contributed by atoms with Gasteiger partial charge in [-0.1, -0.05) is 13.3 Å². The van der Waals surface area contributed by atoms with Crippen LogP contribution in [0.2, 0.25) is 0 Å². The maximum atomic E-state index is 11.3. The molecule has 7 nitrogen and oxygen atoms in total. The van der Waals surface area contributed by atoms with Gasteiger partial charge in [-0.3, -0.25) is 14.9 Å². The van der Waals surface area contributed by atoms with Gasteiger partial charge in [-0.2, -0.15) is 0 Å². The van der Waals surface area contributed by atoms with Crippen molar-refractivity contribution >= 4 is 22.6 Å². The van der Waals surface area contributed by atoms with Gasteiger partial charge < -0.3 is 14.4 Å². The molecule has 0 unspecified atom stereocenters. The highest BCUT2D eigenvalue weighted by molar-refractivity contribution is 5.90. The average molecular weight is 382 g/mol. The van der Waals surface area contributed by atoms with Crippen LogP contribution in [0.25, 0.3) is 16.6 Å². The minimum Gasteiger partial charge on any atom is -0.494 e. The second-order valence-corrected chi connectivity index (χ2v) is 6.70. The van der Waals surface area contributed by atoms with Crippen LogP contribution in [0, 0.1) is 17.0 Å². The molecule has 0 fully saturated rings. The maximum Gasteiger partial charge on any atom is 0.307 e. The highest BCUT2D eigenvalue weighted by atomic mass is 16.6. The van der Waals surface area contributed by atoms with E-state index >= 15 is 0 Å². The van der Waals surface area contributed by atoms with Crippen LogP contribution in [0.3, 0.4) is 0 Å². The number of benzene rings is 2. The molecule has 3 rings (SSSR count). The summed E-state index contributed by atoms with van der Waals surface area (Å²) in [6.45, 7) is 4.50. The van der Waals surface area contributed by atoms with Crippen molar-refractivity contribution in [2.45, 2.75) is 33.1 Å². The summed E-state index contributed by atoms with van der Waals surface area (Å²) >= 11 is 0. The SMILES string of the molecule is CCCCOc1ccc2c(CC(=O)O)cn(-c3ccc([N+](=O)[O-])cc3C)c2c1. The van der Waals surface area contributed by atoms with Crippen molar-refractivity contribution in [2.75, 3.05) is 6.61 Å². The molecule has 1 aromatic heterocycles. The largest absolute Gasteiger partial charge is 0.494 e. The Hall–Kier alpha value is -3.35. The number of nitro groups is 1. The van der Waals surface area contributed by atoms with Crippen molar-refractivity contribution in [1.82, 2.24) is 4.57 Å². The number of carboxylic acids is 1. The van der Waals surface area contributed by atoms with Crippen LogP contribution >= 0.6 is 0 Å². The Morgan fingerprint density at radius 1 is 1.25 bits per heavy atom. The number of carbonyl (C=O) groups is 1. The second-order valence-electron chi connectivity index (χ2n) is 6.70. The summed E-state index contributed by atoms with van der Waals surface area (Å²) in [7, 11) is 0. The molecular weight excluding hydrogens is 360 g/mol. The number of non-ortho nitro benzene ring substituents is 1. The molecule has 0 saturated carbocycles. The van der Waals surface area contributed by atoms with Gasteiger partial charge in [-0.25, -0.2) is 0 Å². The number of unbranched alkanes of at least 4 members (excludes halogenated alkanes) is 1. The molecule has 0 amide bonds. The van der Waals surface area contributed by atoms with Crippen molar-refractivity contribution in [3.05, 3.63) is 63.8 Å². The first-order valence-corrected chi connectivity index (χ1v) is 9.14. The van der Waals surface area contributed by atoms with Gasteiger partial charge in [0.25, 0.3) is 5.69 Å². The van der Waals surface area contributed by atoms with Crippen molar-refractivity contribution in [2.24, 2.45) is 0 Å². The first kappa shape index (κ1) is 19.4. The zero-order valence-electron chi connectivity index (χ0n) is 15.8. The molecule has 7 heteroatoms. The number of ether oxygens (including phenoxy) is 1. The summed E-state index contributed by atoms with van der Waals surface area (Å²) in [5.74, 6) is -0.204. The summed E-state index contributed by atoms with van der Waals surface area (Å²) in [4.78, 5) is 21.9. The summed E-state index contributed by atoms with van der Waals surface area (Å²) in [5.41, 5.74) is 3.00. The van der Waals surface area contributed by atoms with Gasteiger partial charge in [0.2, 0.25) is 0 Å². The fourth-order valence-corrected chi connectivity index (χ4v) is 3.23. The molecule has 1 N–H and O–H groups in total. The number of aliphatic carboxylic acids is 1. The molecule has 0 aliphatic rings. The molecule has 0 aliphatic heterocycles. The summed E-state index contributed by atoms with van der Waals surface area (Å²) in [6.07, 6.45) is 3.66. The molecule has 1 heterocycles. The number of nitrogens with zero attached hydrogens (tertiary/aromatic N) is 2. The number of nitro benzene ring substituents is 1. The molecule has 0 saturated heterocycles. The Labute approximate surface area is 162 Å². The van der Waals surface area contributed by atoms with Crippen molar-refractivity contribution in [1.29, 1.82) is 0 Å². The van der Waals surface area contributed by atoms with Crippen molar-refractivity contribution < 1.29 is 19.6 Å². The van der Waals surface area contributed by atoms with Gasteiger partial charge in [-0.05, 0) is 42.7 Å². The lowest BCUT2D eigenvalue weighted by molar-refractivity contribution is -0.384. The molecular formula is C21H22N2O5. The lowest BCUT2D eigenvalue weighted by Gasteiger charge is -2.10. The molecule has 0 radical (unpaired) electrons. The lowest BCUT2D eigenvalue weighted by Crippen LogP contribution is -2.00. The van der Waals surface area contributed by atoms with E-state index in [4.69, 9.17) is 4.74 Å². The van der Waals surface area contributed by atoms with Gasteiger partial charge in [0.15, 0.2) is 0 Å². The topological polar surface area (TPSA) is 94.6 Å². The zero-order chi connectivity index (χ0) is 20.3. The van der Waals surface area contributed by atoms with E-state index < -0.39 is 10.9 Å². The van der Waals surface area contributed by atoms with Gasteiger partial charge in [-0.15, -0.1) is 0 Å². The molecule has 3 aromatic rings. The molecule has 0 bridgehead atoms. The predicted molar refractivity (Wildman–Crippen MR) is 106 cm³/mol. The quantitative estimate of drug-likeness (QED) is 0.347. The molecule has 28 heavy (non-hydrogen) atoms. The molecule has 0 atom stereocenters. The van der Waals surface area contributed by atoms with Crippen LogP contribution in [0.15, 0.2) is 42.6 Å². The lowest BCUT2D eigenvalue weighted by atomic mass is 10.1. The monoisotopic (exact) mass is 382 g/mol. The fourth-order valence-electron chi connectivity index (χ4n) is 3.23. The second kappa shape index (κ2) is 8.12. The number of hydrogen-bond acceptors (Lipinski definition) is 4. The Bertz CT molecular complexity index is 1040. The third-order valence-corrected chi connectivity index (χ3v) is 4.62. The van der Waals surface area contributed by atoms with E-state index in [1.54, 1.807) is 19.2 Å². The molecule has 0 aliphatic carbocycles. The highest BCUT2D eigenvalue weighted by Gasteiger charge is 2.16. The van der Waals surface area contributed by atoms with Gasteiger partial charge in [0.1, 0.15) is 5.75 Å². The maximum absolute atomic E-state index is 11.3. The van der Waals surface area contributed by atoms with Gasteiger partial charge >= 0.3 is 5.97 Å². The van der Waals surface area contributed by atoms with Crippen LogP contribution in [0.5, 0.6) is 5.75 Å². The van der Waals surface area contributed by atoms with Crippen LogP contribution < -0.4 is 4.74 Å². The Balaban J connectivity index is 2.12. The van der Waals surface area contributed by atoms with Crippen LogP contribution in [0.4, 0.5) is 5.69 Å². The van der Waals surface area contributed by atoms with E-state index in [0.29, 0.717) is 17.9 Å². The predicted octanol–water partition coefficient (Wildman–Crippen LogP) is 4.65. The first-order chi connectivity index (χ1) is 13.4. The molecule has 0 spiro atoms. The zero-order valence-corrected chi connectivity index (χ0v) is 15.8. The summed E-state index contributed by atoms with van der Waals surface area (Å²) in [5, 5.41) is 21.1. The minimum atomic E-state index is -0.914. The van der Waals surface area contributed by atoms with E-state index in [1.165, 1.54) is 12.1 Å². The number of aromatic nitrogens is 1. The summed E-state index contributed by atoms with van der Waals surface area (Å²) < 4.78 is 7.67. The van der Waals surface area contributed by atoms with Crippen LogP contribution in [0.1, 0.15) is 30.9 Å². The third kappa shape index (κ3) is 3.98. The van der Waals surface area contributed by atoms with E-state index in [0.717, 1.165) is 35.0 Å². The molecule has 146 valence electrons. The third-order valence-electron chi connectivity index (χ3n) is 4.62. The number of hydrogen-bond donors (Lipinski definition) is 1. The highest BCUT2D eigenvalue weighted by Crippen LogP contribution is 2.31. The van der Waals surface area contributed by atoms with Crippen molar-refractivity contribution in [3.63, 3.8) is 0 Å². The Morgan fingerprint density at radius 3 is 2.68 bits per heavy atom. The average Bonchev–Trinajstić information content (AvgIpc) is 2.99. The standard InChI is InChI=1S/C21H22N2O5/c1-3-4-9-28-17-6-7-18-15(11-21(24)25)13-22(20(18)12-17)19-8-5-16(23(26)27)10-14(19)2/h5-8,10,12-13H,3-4,9,11H2,1-2H3,(H,24,25). The van der Waals surface area contributed by atoms with Crippen LogP contribution in [-0.4, -0.2) is 27.2 Å². The van der Waals surface area contributed by atoms with E-state index in [2.05, 4.69) is 6.92 Å². The van der Waals surface area contributed by atoms with Crippen molar-refractivity contribution in [3.8, 4) is 11.4 Å². The number of fused-ring (bicyclic) bond motifs is 1. The normalized spacial score (nSPS) is 10.9.